The quantitative estimate of drug-likeness (QED) is 0.804. The molecule has 0 saturated carbocycles. The average Bonchev–Trinajstić information content (AvgIpc) is 3.22. The molecule has 2 N–H and O–H groups in total. The van der Waals surface area contributed by atoms with Crippen molar-refractivity contribution in [3.63, 3.8) is 0 Å². The Morgan fingerprint density at radius 3 is 2.54 bits per heavy atom. The fraction of sp³-hybridized carbons (Fsp3) is 0.263. The van der Waals surface area contributed by atoms with Gasteiger partial charge in [-0.25, -0.2) is 4.98 Å². The van der Waals surface area contributed by atoms with E-state index in [9.17, 15) is 4.79 Å². The molecule has 1 aliphatic rings. The molecule has 0 radical (unpaired) electrons. The van der Waals surface area contributed by atoms with Crippen molar-refractivity contribution in [3.05, 3.63) is 59.9 Å². The van der Waals surface area contributed by atoms with Crippen LogP contribution in [0.3, 0.4) is 0 Å². The summed E-state index contributed by atoms with van der Waals surface area (Å²) in [6, 6.07) is 15.7. The lowest BCUT2D eigenvalue weighted by atomic mass is 10.2. The molecule has 1 aromatic heterocycles. The van der Waals surface area contributed by atoms with Gasteiger partial charge in [-0.1, -0.05) is 18.2 Å². The van der Waals surface area contributed by atoms with Crippen LogP contribution in [0, 0.1) is 0 Å². The van der Waals surface area contributed by atoms with Gasteiger partial charge in [0.25, 0.3) is 0 Å². The van der Waals surface area contributed by atoms with E-state index in [0.717, 1.165) is 42.2 Å². The van der Waals surface area contributed by atoms with E-state index in [1.165, 1.54) is 12.8 Å². The van der Waals surface area contributed by atoms with Gasteiger partial charge in [0.1, 0.15) is 5.82 Å². The van der Waals surface area contributed by atoms with Crippen LogP contribution in [0.1, 0.15) is 29.0 Å². The molecule has 2 heterocycles. The Morgan fingerprint density at radius 1 is 1.08 bits per heavy atom. The molecule has 0 unspecified atom stereocenters. The van der Waals surface area contributed by atoms with Crippen molar-refractivity contribution < 1.29 is 4.79 Å². The molecule has 5 heteroatoms. The fourth-order valence-electron chi connectivity index (χ4n) is 3.40. The minimum absolute atomic E-state index is 0.424. The number of carbonyl (C=O) groups excluding carboxylic acids is 1. The number of hydrogen-bond acceptors (Lipinski definition) is 3. The third-order valence-electron chi connectivity index (χ3n) is 4.59. The maximum absolute atomic E-state index is 11.5. The number of imidazole rings is 1. The third kappa shape index (κ3) is 2.67. The number of rotatable bonds is 4. The van der Waals surface area contributed by atoms with Crippen LogP contribution in [-0.4, -0.2) is 33.4 Å². The second-order valence-electron chi connectivity index (χ2n) is 6.25. The van der Waals surface area contributed by atoms with E-state index in [1.807, 2.05) is 24.3 Å². The lowest BCUT2D eigenvalue weighted by Crippen LogP contribution is -2.20. The number of nitrogens with zero attached hydrogens (tertiary/aromatic N) is 3. The second-order valence-corrected chi connectivity index (χ2v) is 6.25. The molecule has 0 atom stereocenters. The SMILES string of the molecule is NC(=O)c1ccc2c(c1)nc(CN1CCCC1)n2-c1ccccc1. The normalized spacial score (nSPS) is 15.2. The van der Waals surface area contributed by atoms with E-state index in [0.29, 0.717) is 5.56 Å². The first kappa shape index (κ1) is 14.9. The number of likely N-dealkylation sites (tertiary alicyclic amines) is 1. The highest BCUT2D eigenvalue weighted by Gasteiger charge is 2.18. The van der Waals surface area contributed by atoms with Gasteiger partial charge in [0.05, 0.1) is 17.6 Å². The molecule has 4 rings (SSSR count). The van der Waals surface area contributed by atoms with Gasteiger partial charge in [-0.05, 0) is 56.3 Å². The first-order chi connectivity index (χ1) is 11.7. The molecule has 3 aromatic rings. The largest absolute Gasteiger partial charge is 0.366 e. The van der Waals surface area contributed by atoms with E-state index >= 15 is 0 Å². The van der Waals surface area contributed by atoms with E-state index in [1.54, 1.807) is 12.1 Å². The first-order valence-corrected chi connectivity index (χ1v) is 8.31. The molecule has 122 valence electrons. The van der Waals surface area contributed by atoms with Gasteiger partial charge in [0.2, 0.25) is 5.91 Å². The van der Waals surface area contributed by atoms with Crippen molar-refractivity contribution in [2.75, 3.05) is 13.1 Å². The first-order valence-electron chi connectivity index (χ1n) is 8.31. The maximum atomic E-state index is 11.5. The third-order valence-corrected chi connectivity index (χ3v) is 4.59. The number of aromatic nitrogens is 2. The minimum Gasteiger partial charge on any atom is -0.366 e. The lowest BCUT2D eigenvalue weighted by Gasteiger charge is -2.16. The van der Waals surface area contributed by atoms with Gasteiger partial charge < -0.3 is 5.73 Å². The van der Waals surface area contributed by atoms with Crippen LogP contribution in [-0.2, 0) is 6.54 Å². The highest BCUT2D eigenvalue weighted by Crippen LogP contribution is 2.24. The number of fused-ring (bicyclic) bond motifs is 1. The van der Waals surface area contributed by atoms with E-state index in [4.69, 9.17) is 10.7 Å². The van der Waals surface area contributed by atoms with Gasteiger partial charge in [0, 0.05) is 11.3 Å². The Labute approximate surface area is 140 Å². The molecule has 5 nitrogen and oxygen atoms in total. The van der Waals surface area contributed by atoms with Crippen molar-refractivity contribution in [2.45, 2.75) is 19.4 Å². The molecule has 1 aliphatic heterocycles. The van der Waals surface area contributed by atoms with Crippen LogP contribution in [0.15, 0.2) is 48.5 Å². The minimum atomic E-state index is -0.424. The highest BCUT2D eigenvalue weighted by atomic mass is 16.1. The number of nitrogens with two attached hydrogens (primary N) is 1. The number of para-hydroxylation sites is 1. The summed E-state index contributed by atoms with van der Waals surface area (Å²) in [6.45, 7) is 3.05. The van der Waals surface area contributed by atoms with E-state index in [2.05, 4.69) is 21.6 Å². The summed E-state index contributed by atoms with van der Waals surface area (Å²) in [7, 11) is 0. The standard InChI is InChI=1S/C19H20N4O/c20-19(24)14-8-9-17-16(12-14)21-18(13-22-10-4-5-11-22)23(17)15-6-2-1-3-7-15/h1-3,6-9,12H,4-5,10-11,13H2,(H2,20,24). The molecule has 0 aliphatic carbocycles. The molecule has 1 fully saturated rings. The summed E-state index contributed by atoms with van der Waals surface area (Å²) in [4.78, 5) is 18.7. The van der Waals surface area contributed by atoms with Crippen LogP contribution in [0.4, 0.5) is 0 Å². The Hall–Kier alpha value is -2.66. The Balaban J connectivity index is 1.86. The molecule has 1 amide bonds. The lowest BCUT2D eigenvalue weighted by molar-refractivity contribution is 0.100. The van der Waals surface area contributed by atoms with Gasteiger partial charge >= 0.3 is 0 Å². The van der Waals surface area contributed by atoms with Crippen LogP contribution >= 0.6 is 0 Å². The Morgan fingerprint density at radius 2 is 1.83 bits per heavy atom. The summed E-state index contributed by atoms with van der Waals surface area (Å²) < 4.78 is 2.18. The number of amides is 1. The zero-order valence-corrected chi connectivity index (χ0v) is 13.5. The zero-order chi connectivity index (χ0) is 16.5. The fourth-order valence-corrected chi connectivity index (χ4v) is 3.40. The van der Waals surface area contributed by atoms with Gasteiger partial charge in [0.15, 0.2) is 0 Å². The molecule has 0 bridgehead atoms. The van der Waals surface area contributed by atoms with Crippen molar-refractivity contribution in [3.8, 4) is 5.69 Å². The van der Waals surface area contributed by atoms with Crippen molar-refractivity contribution in [2.24, 2.45) is 5.73 Å². The summed E-state index contributed by atoms with van der Waals surface area (Å²) >= 11 is 0. The molecular weight excluding hydrogens is 300 g/mol. The number of carbonyl (C=O) groups is 1. The molecule has 24 heavy (non-hydrogen) atoms. The Kier molecular flexibility index (Phi) is 3.78. The summed E-state index contributed by atoms with van der Waals surface area (Å²) in [5, 5.41) is 0. The van der Waals surface area contributed by atoms with Crippen molar-refractivity contribution in [1.29, 1.82) is 0 Å². The monoisotopic (exact) mass is 320 g/mol. The van der Waals surface area contributed by atoms with Crippen LogP contribution < -0.4 is 5.73 Å². The van der Waals surface area contributed by atoms with Crippen LogP contribution in [0.25, 0.3) is 16.7 Å². The smallest absolute Gasteiger partial charge is 0.248 e. The number of benzene rings is 2. The molecule has 0 spiro atoms. The van der Waals surface area contributed by atoms with E-state index in [-0.39, 0.29) is 0 Å². The van der Waals surface area contributed by atoms with Crippen molar-refractivity contribution >= 4 is 16.9 Å². The summed E-state index contributed by atoms with van der Waals surface area (Å²) in [5.74, 6) is 0.576. The van der Waals surface area contributed by atoms with Gasteiger partial charge in [-0.15, -0.1) is 0 Å². The predicted molar refractivity (Wildman–Crippen MR) is 94.1 cm³/mol. The Bertz CT molecular complexity index is 879. The van der Waals surface area contributed by atoms with Crippen molar-refractivity contribution in [1.82, 2.24) is 14.5 Å². The van der Waals surface area contributed by atoms with Crippen LogP contribution in [0.2, 0.25) is 0 Å². The predicted octanol–water partition coefficient (Wildman–Crippen LogP) is 2.72. The number of primary amides is 1. The second kappa shape index (κ2) is 6.09. The van der Waals surface area contributed by atoms with Gasteiger partial charge in [-0.3, -0.25) is 14.3 Å². The average molecular weight is 320 g/mol. The highest BCUT2D eigenvalue weighted by molar-refractivity contribution is 5.96. The van der Waals surface area contributed by atoms with Crippen LogP contribution in [0.5, 0.6) is 0 Å². The van der Waals surface area contributed by atoms with E-state index < -0.39 is 5.91 Å². The molecule has 2 aromatic carbocycles. The topological polar surface area (TPSA) is 64.2 Å². The number of hydrogen-bond donors (Lipinski definition) is 1. The summed E-state index contributed by atoms with van der Waals surface area (Å²) in [6.07, 6.45) is 2.49. The molecular formula is C19H20N4O. The van der Waals surface area contributed by atoms with Gasteiger partial charge in [-0.2, -0.15) is 0 Å². The molecule has 1 saturated heterocycles. The summed E-state index contributed by atoms with van der Waals surface area (Å²) in [5.41, 5.74) is 8.80. The zero-order valence-electron chi connectivity index (χ0n) is 13.5. The maximum Gasteiger partial charge on any atom is 0.248 e.